The fourth-order valence-electron chi connectivity index (χ4n) is 2.06. The molecule has 1 aliphatic rings. The van der Waals surface area contributed by atoms with Gasteiger partial charge in [-0.3, -0.25) is 14.3 Å². The standard InChI is InChI=1S/C12H16N2O4S/c1-2-3-7-5-14(12(18)13-11(7)17)10-4-8(16)9(6-15)19-10/h2-3,5,8-10,15-16H,4,6H2,1H3,(H,13,17,18)/b3-2+/t8?,9-,10+/m0/s1. The summed E-state index contributed by atoms with van der Waals surface area (Å²) in [7, 11) is 0. The van der Waals surface area contributed by atoms with E-state index in [1.807, 2.05) is 0 Å². The summed E-state index contributed by atoms with van der Waals surface area (Å²) in [6.07, 6.45) is 4.55. The first-order valence-corrected chi connectivity index (χ1v) is 6.93. The van der Waals surface area contributed by atoms with Crippen LogP contribution < -0.4 is 11.2 Å². The fourth-order valence-corrected chi connectivity index (χ4v) is 3.44. The molecule has 2 heterocycles. The van der Waals surface area contributed by atoms with Gasteiger partial charge in [0, 0.05) is 12.6 Å². The quantitative estimate of drug-likeness (QED) is 0.722. The van der Waals surface area contributed by atoms with Crippen LogP contribution in [0.3, 0.4) is 0 Å². The van der Waals surface area contributed by atoms with Crippen molar-refractivity contribution in [1.82, 2.24) is 9.55 Å². The number of nitrogens with one attached hydrogen (secondary N) is 1. The van der Waals surface area contributed by atoms with Gasteiger partial charge in [0.05, 0.1) is 28.9 Å². The highest BCUT2D eigenvalue weighted by atomic mass is 32.2. The van der Waals surface area contributed by atoms with Crippen molar-refractivity contribution in [3.05, 3.63) is 38.7 Å². The third kappa shape index (κ3) is 2.83. The molecule has 7 heteroatoms. The number of H-pyrrole nitrogens is 1. The zero-order chi connectivity index (χ0) is 14.0. The van der Waals surface area contributed by atoms with Crippen molar-refractivity contribution in [2.45, 2.75) is 30.1 Å². The van der Waals surface area contributed by atoms with Gasteiger partial charge in [-0.25, -0.2) is 4.79 Å². The molecule has 3 N–H and O–H groups in total. The van der Waals surface area contributed by atoms with Crippen LogP contribution in [0.5, 0.6) is 0 Å². The summed E-state index contributed by atoms with van der Waals surface area (Å²) in [6, 6.07) is 0. The van der Waals surface area contributed by atoms with Gasteiger partial charge in [0.1, 0.15) is 0 Å². The number of aromatic nitrogens is 2. The van der Waals surface area contributed by atoms with E-state index in [4.69, 9.17) is 5.11 Å². The van der Waals surface area contributed by atoms with Gasteiger partial charge in [0.2, 0.25) is 0 Å². The second kappa shape index (κ2) is 5.77. The van der Waals surface area contributed by atoms with Gasteiger partial charge in [-0.1, -0.05) is 12.2 Å². The minimum atomic E-state index is -0.649. The highest BCUT2D eigenvalue weighted by molar-refractivity contribution is 8.00. The number of thioether (sulfide) groups is 1. The Morgan fingerprint density at radius 2 is 2.32 bits per heavy atom. The maximum atomic E-state index is 11.8. The molecule has 3 atom stereocenters. The summed E-state index contributed by atoms with van der Waals surface area (Å²) in [6.45, 7) is 1.65. The van der Waals surface area contributed by atoms with Crippen LogP contribution >= 0.6 is 11.8 Å². The van der Waals surface area contributed by atoms with E-state index in [2.05, 4.69) is 4.98 Å². The Bertz CT molecular complexity index is 592. The SMILES string of the molecule is C/C=C/c1cn([C@H]2CC(O)[C@H](CO)S2)c(=O)[nH]c1=O. The molecule has 19 heavy (non-hydrogen) atoms. The second-order valence-electron chi connectivity index (χ2n) is 4.37. The highest BCUT2D eigenvalue weighted by Crippen LogP contribution is 2.40. The lowest BCUT2D eigenvalue weighted by Gasteiger charge is -2.13. The fraction of sp³-hybridized carbons (Fsp3) is 0.500. The van der Waals surface area contributed by atoms with Crippen LogP contribution in [0.1, 0.15) is 24.3 Å². The van der Waals surface area contributed by atoms with Crippen LogP contribution in [-0.4, -0.2) is 37.7 Å². The van der Waals surface area contributed by atoms with Gasteiger partial charge in [0.25, 0.3) is 5.56 Å². The molecule has 6 nitrogen and oxygen atoms in total. The van der Waals surface area contributed by atoms with E-state index in [9.17, 15) is 14.7 Å². The number of allylic oxidation sites excluding steroid dienone is 1. The van der Waals surface area contributed by atoms with Crippen LogP contribution in [0.25, 0.3) is 6.08 Å². The number of aliphatic hydroxyl groups excluding tert-OH is 2. The van der Waals surface area contributed by atoms with Gasteiger partial charge in [0.15, 0.2) is 0 Å². The molecule has 0 radical (unpaired) electrons. The average molecular weight is 284 g/mol. The Balaban J connectivity index is 2.38. The van der Waals surface area contributed by atoms with Crippen LogP contribution in [0.15, 0.2) is 21.9 Å². The monoisotopic (exact) mass is 284 g/mol. The molecule has 0 aromatic carbocycles. The first-order valence-electron chi connectivity index (χ1n) is 5.99. The van der Waals surface area contributed by atoms with Crippen LogP contribution in [0.4, 0.5) is 0 Å². The normalized spacial score (nSPS) is 27.2. The van der Waals surface area contributed by atoms with Gasteiger partial charge in [-0.2, -0.15) is 0 Å². The molecule has 1 unspecified atom stereocenters. The van der Waals surface area contributed by atoms with Crippen LogP contribution in [-0.2, 0) is 0 Å². The molecule has 1 aliphatic heterocycles. The lowest BCUT2D eigenvalue weighted by molar-refractivity contribution is 0.137. The number of hydrogen-bond donors (Lipinski definition) is 3. The van der Waals surface area contributed by atoms with Gasteiger partial charge >= 0.3 is 5.69 Å². The lowest BCUT2D eigenvalue weighted by atomic mass is 10.2. The maximum absolute atomic E-state index is 11.8. The zero-order valence-corrected chi connectivity index (χ0v) is 11.3. The highest BCUT2D eigenvalue weighted by Gasteiger charge is 2.34. The third-order valence-electron chi connectivity index (χ3n) is 3.04. The van der Waals surface area contributed by atoms with Gasteiger partial charge < -0.3 is 10.2 Å². The Kier molecular flexibility index (Phi) is 4.28. The molecule has 0 aliphatic carbocycles. The molecule has 1 aromatic heterocycles. The van der Waals surface area contributed by atoms with E-state index < -0.39 is 17.4 Å². The third-order valence-corrected chi connectivity index (χ3v) is 4.58. The topological polar surface area (TPSA) is 95.3 Å². The first-order chi connectivity index (χ1) is 9.06. The van der Waals surface area contributed by atoms with E-state index in [1.54, 1.807) is 19.1 Å². The minimum absolute atomic E-state index is 0.137. The smallest absolute Gasteiger partial charge is 0.329 e. The van der Waals surface area contributed by atoms with Crippen molar-refractivity contribution in [2.24, 2.45) is 0 Å². The van der Waals surface area contributed by atoms with Crippen molar-refractivity contribution in [1.29, 1.82) is 0 Å². The van der Waals surface area contributed by atoms with Crippen molar-refractivity contribution in [3.63, 3.8) is 0 Å². The molecule has 2 rings (SSSR count). The lowest BCUT2D eigenvalue weighted by Crippen LogP contribution is -2.32. The summed E-state index contributed by atoms with van der Waals surface area (Å²) in [4.78, 5) is 25.6. The van der Waals surface area contributed by atoms with Crippen molar-refractivity contribution >= 4 is 17.8 Å². The summed E-state index contributed by atoms with van der Waals surface area (Å²) in [5.74, 6) is 0. The van der Waals surface area contributed by atoms with Gasteiger partial charge in [-0.15, -0.1) is 11.8 Å². The number of aliphatic hydroxyl groups is 2. The molecule has 0 spiro atoms. The van der Waals surface area contributed by atoms with Crippen LogP contribution in [0.2, 0.25) is 0 Å². The van der Waals surface area contributed by atoms with Crippen molar-refractivity contribution in [2.75, 3.05) is 6.61 Å². The second-order valence-corrected chi connectivity index (χ2v) is 5.79. The summed E-state index contributed by atoms with van der Waals surface area (Å²) >= 11 is 1.34. The van der Waals surface area contributed by atoms with Crippen LogP contribution in [0, 0.1) is 0 Å². The molecule has 1 saturated heterocycles. The predicted octanol–water partition coefficient (Wildman–Crippen LogP) is -0.0730. The Labute approximate surface area is 113 Å². The Morgan fingerprint density at radius 1 is 1.58 bits per heavy atom. The molecule has 104 valence electrons. The summed E-state index contributed by atoms with van der Waals surface area (Å²) < 4.78 is 1.40. The number of hydrogen-bond acceptors (Lipinski definition) is 5. The van der Waals surface area contributed by atoms with E-state index in [0.29, 0.717) is 12.0 Å². The van der Waals surface area contributed by atoms with E-state index in [1.165, 1.54) is 22.5 Å². The predicted molar refractivity (Wildman–Crippen MR) is 74.2 cm³/mol. The number of nitrogens with zero attached hydrogens (tertiary/aromatic N) is 1. The van der Waals surface area contributed by atoms with E-state index in [-0.39, 0.29) is 17.2 Å². The molecule has 0 bridgehead atoms. The minimum Gasteiger partial charge on any atom is -0.395 e. The van der Waals surface area contributed by atoms with Gasteiger partial charge in [-0.05, 0) is 6.92 Å². The van der Waals surface area contributed by atoms with Crippen molar-refractivity contribution < 1.29 is 10.2 Å². The Morgan fingerprint density at radius 3 is 2.89 bits per heavy atom. The average Bonchev–Trinajstić information content (AvgIpc) is 2.74. The van der Waals surface area contributed by atoms with Crippen molar-refractivity contribution in [3.8, 4) is 0 Å². The molecule has 0 saturated carbocycles. The largest absolute Gasteiger partial charge is 0.395 e. The van der Waals surface area contributed by atoms with E-state index in [0.717, 1.165) is 0 Å². The number of rotatable bonds is 3. The number of aromatic amines is 1. The maximum Gasteiger partial charge on any atom is 0.329 e. The zero-order valence-electron chi connectivity index (χ0n) is 10.4. The first kappa shape index (κ1) is 14.1. The Hall–Kier alpha value is -1.31. The molecular formula is C12H16N2O4S. The summed E-state index contributed by atoms with van der Waals surface area (Å²) in [5.41, 5.74) is -0.534. The molecule has 1 aromatic rings. The van der Waals surface area contributed by atoms with E-state index >= 15 is 0 Å². The molecule has 0 amide bonds. The molecule has 1 fully saturated rings. The molecular weight excluding hydrogens is 268 g/mol. The summed E-state index contributed by atoms with van der Waals surface area (Å²) in [5, 5.41) is 18.3.